The second-order valence-corrected chi connectivity index (χ2v) is 13.5. The van der Waals surface area contributed by atoms with Crippen LogP contribution in [0.15, 0.2) is 36.4 Å². The Hall–Kier alpha value is -6.35. The van der Waals surface area contributed by atoms with E-state index in [0.29, 0.717) is 11.0 Å². The highest BCUT2D eigenvalue weighted by atomic mass is 35.5. The number of likely N-dealkylation sites (tertiary alicyclic amines) is 1. The van der Waals surface area contributed by atoms with E-state index in [9.17, 15) is 68.1 Å². The number of carbonyl (C=O) groups is 6. The number of fused-ring (bicyclic) bond motifs is 1. The topological polar surface area (TPSA) is 267 Å². The minimum Gasteiger partial charge on any atom is -0.534 e. The van der Waals surface area contributed by atoms with Crippen LogP contribution in [0, 0.1) is 11.6 Å². The van der Waals surface area contributed by atoms with Crippen molar-refractivity contribution in [2.24, 2.45) is 0 Å². The van der Waals surface area contributed by atoms with Gasteiger partial charge >= 0.3 is 30.9 Å². The molecule has 22 heteroatoms. The molecule has 2 fully saturated rings. The molecular weight excluding hydrogens is 771 g/mol. The van der Waals surface area contributed by atoms with Crippen molar-refractivity contribution in [1.29, 1.82) is 0 Å². The van der Waals surface area contributed by atoms with Crippen molar-refractivity contribution < 1.29 is 72.8 Å². The molecule has 6 rings (SSSR count). The molecule has 0 bridgehead atoms. The van der Waals surface area contributed by atoms with Crippen molar-refractivity contribution in [1.82, 2.24) is 25.3 Å². The Morgan fingerprint density at radius 2 is 1.55 bits per heavy atom. The molecule has 3 aliphatic heterocycles. The van der Waals surface area contributed by atoms with E-state index in [-0.39, 0.29) is 68.1 Å². The van der Waals surface area contributed by atoms with Crippen molar-refractivity contribution in [2.75, 3.05) is 26.2 Å². The fourth-order valence-electron chi connectivity index (χ4n) is 6.82. The minimum absolute atomic E-state index is 0.0463. The lowest BCUT2D eigenvalue weighted by atomic mass is 9.72. The number of piperazine rings is 1. The summed E-state index contributed by atoms with van der Waals surface area (Å²) in [7, 11) is -1.99. The predicted molar refractivity (Wildman–Crippen MR) is 186 cm³/mol. The van der Waals surface area contributed by atoms with Crippen LogP contribution in [-0.4, -0.2) is 126 Å². The highest BCUT2D eigenvalue weighted by Crippen LogP contribution is 2.41. The van der Waals surface area contributed by atoms with E-state index in [0.717, 1.165) is 18.2 Å². The van der Waals surface area contributed by atoms with Gasteiger partial charge in [0.15, 0.2) is 17.3 Å². The zero-order valence-corrected chi connectivity index (χ0v) is 29.5. The van der Waals surface area contributed by atoms with E-state index >= 15 is 0 Å². The number of nitrogens with one attached hydrogen (secondary N) is 2. The van der Waals surface area contributed by atoms with E-state index < -0.39 is 106 Å². The van der Waals surface area contributed by atoms with E-state index in [2.05, 4.69) is 10.6 Å². The van der Waals surface area contributed by atoms with Crippen LogP contribution in [0.1, 0.15) is 50.7 Å². The number of hydrogen-bond acceptors (Lipinski definition) is 12. The zero-order chi connectivity index (χ0) is 40.7. The summed E-state index contributed by atoms with van der Waals surface area (Å²) in [6.07, 6.45) is 0.145. The molecule has 1 unspecified atom stereocenters. The van der Waals surface area contributed by atoms with E-state index in [4.69, 9.17) is 16.3 Å². The number of aromatic hydroxyl groups is 4. The molecule has 0 aromatic heterocycles. The molecule has 0 radical (unpaired) electrons. The number of halogens is 3. The Bertz CT molecular complexity index is 2150. The summed E-state index contributed by atoms with van der Waals surface area (Å²) in [6.45, 7) is -0.240. The number of aromatic carboxylic acids is 1. The Morgan fingerprint density at radius 3 is 2.20 bits per heavy atom. The number of phenolic OH excluding ortho intramolecular Hbond substituents is 4. The van der Waals surface area contributed by atoms with Gasteiger partial charge in [-0.3, -0.25) is 24.1 Å². The molecule has 294 valence electrons. The number of nitrogens with zero attached hydrogens (tertiary/aromatic N) is 3. The van der Waals surface area contributed by atoms with Crippen molar-refractivity contribution >= 4 is 54.3 Å². The molecule has 3 aromatic carbocycles. The van der Waals surface area contributed by atoms with Crippen molar-refractivity contribution in [3.63, 3.8) is 0 Å². The van der Waals surface area contributed by atoms with Crippen LogP contribution in [-0.2, 0) is 20.8 Å². The highest BCUT2D eigenvalue weighted by Gasteiger charge is 2.44. The third-order valence-electron chi connectivity index (χ3n) is 9.63. The number of carboxylic acid groups (broad SMARTS) is 1. The summed E-state index contributed by atoms with van der Waals surface area (Å²) in [6, 6.07) is 2.01. The number of amides is 6. The number of hydrogen-bond donors (Lipinski definition) is 8. The van der Waals surface area contributed by atoms with E-state index in [1.807, 2.05) is 0 Å². The maximum atomic E-state index is 14.7. The third-order valence-corrected chi connectivity index (χ3v) is 10.0. The Morgan fingerprint density at radius 1 is 0.893 bits per heavy atom. The van der Waals surface area contributed by atoms with Gasteiger partial charge < -0.3 is 55.6 Å². The molecule has 0 saturated carbocycles. The Balaban J connectivity index is 1.16. The first-order chi connectivity index (χ1) is 26.5. The van der Waals surface area contributed by atoms with Gasteiger partial charge in [0, 0.05) is 49.4 Å². The molecule has 3 heterocycles. The second-order valence-electron chi connectivity index (χ2n) is 13.1. The lowest BCUT2D eigenvalue weighted by Gasteiger charge is -2.41. The normalized spacial score (nSPS) is 17.9. The highest BCUT2D eigenvalue weighted by molar-refractivity contribution is 6.47. The lowest BCUT2D eigenvalue weighted by Crippen LogP contribution is -2.62. The first-order valence-corrected chi connectivity index (χ1v) is 17.2. The number of benzene rings is 3. The van der Waals surface area contributed by atoms with E-state index in [1.54, 1.807) is 0 Å². The van der Waals surface area contributed by atoms with Gasteiger partial charge in [-0.25, -0.2) is 18.4 Å². The van der Waals surface area contributed by atoms with E-state index in [1.165, 1.54) is 21.9 Å². The average molecular weight is 802 g/mol. The van der Waals surface area contributed by atoms with Gasteiger partial charge in [0.25, 0.3) is 5.91 Å². The van der Waals surface area contributed by atoms with Crippen LogP contribution in [0.3, 0.4) is 0 Å². The van der Waals surface area contributed by atoms with Crippen molar-refractivity contribution in [3.05, 3.63) is 75.3 Å². The quantitative estimate of drug-likeness (QED) is 0.0943. The summed E-state index contributed by atoms with van der Waals surface area (Å²) >= 11 is 6.15. The standard InChI is InChI=1S/C34H31BClF2N5O13/c36-24-19(13-21(38)26(46)27(24)47)25(29(48)39-22-11-14-1-2-20(37)23(33(52)53)28(14)56-35(22)55)40-34(54)43-8-7-42(31(50)32(43)51)16-3-5-41(6-4-16)30(49)15-9-17(44)12-18(45)10-15/h1-2,9-10,12-13,16,22,25,44-47,55H,3-8,11H2,(H,39,48)(H,40,54)(H,52,53)/t22-,25?/m0/s1. The first-order valence-electron chi connectivity index (χ1n) is 16.8. The number of imide groups is 1. The first kappa shape index (κ1) is 39.4. The molecule has 0 spiro atoms. The van der Waals surface area contributed by atoms with Gasteiger partial charge in [-0.1, -0.05) is 17.7 Å². The van der Waals surface area contributed by atoms with Gasteiger partial charge in [-0.2, -0.15) is 0 Å². The molecule has 2 atom stereocenters. The fourth-order valence-corrected chi connectivity index (χ4v) is 7.07. The molecular formula is C34H31BClF2N5O13. The molecule has 3 aliphatic rings. The lowest BCUT2D eigenvalue weighted by molar-refractivity contribution is -0.156. The molecule has 0 aliphatic carbocycles. The van der Waals surface area contributed by atoms with Crippen LogP contribution >= 0.6 is 11.6 Å². The predicted octanol–water partition coefficient (Wildman–Crippen LogP) is 1.00. The molecule has 56 heavy (non-hydrogen) atoms. The number of urea groups is 1. The maximum Gasteiger partial charge on any atom is 0.547 e. The SMILES string of the molecule is O=C(O)c1c(F)ccc2c1OB(O)[C@@H](NC(=O)C(NC(=O)N1CCN(C3CCN(C(=O)c4cc(O)cc(O)c4)CC3)C(=O)C1=O)c1cc(F)c(O)c(O)c1Cl)C2. The number of piperidine rings is 1. The summed E-state index contributed by atoms with van der Waals surface area (Å²) in [5.74, 6) is -13.4. The summed E-state index contributed by atoms with van der Waals surface area (Å²) in [5, 5.41) is 63.4. The van der Waals surface area contributed by atoms with Gasteiger partial charge in [0.05, 0.1) is 11.0 Å². The molecule has 18 nitrogen and oxygen atoms in total. The van der Waals surface area contributed by atoms with Crippen LogP contribution in [0.5, 0.6) is 28.7 Å². The summed E-state index contributed by atoms with van der Waals surface area (Å²) in [5.41, 5.74) is -1.40. The largest absolute Gasteiger partial charge is 0.547 e. The zero-order valence-electron chi connectivity index (χ0n) is 28.7. The van der Waals surface area contributed by atoms with Gasteiger partial charge in [-0.15, -0.1) is 0 Å². The average Bonchev–Trinajstić information content (AvgIpc) is 3.15. The van der Waals surface area contributed by atoms with Crippen LogP contribution < -0.4 is 15.3 Å². The molecule has 3 aromatic rings. The molecule has 2 saturated heterocycles. The second kappa shape index (κ2) is 15.4. The minimum atomic E-state index is -2.08. The van der Waals surface area contributed by atoms with Crippen LogP contribution in [0.2, 0.25) is 5.02 Å². The maximum absolute atomic E-state index is 14.7. The van der Waals surface area contributed by atoms with Crippen molar-refractivity contribution in [3.8, 4) is 28.7 Å². The van der Waals surface area contributed by atoms with Gasteiger partial charge in [0.2, 0.25) is 5.91 Å². The molecule has 6 amide bonds. The van der Waals surface area contributed by atoms with Crippen LogP contribution in [0.25, 0.3) is 0 Å². The molecule has 8 N–H and O–H groups in total. The summed E-state index contributed by atoms with van der Waals surface area (Å²) in [4.78, 5) is 81.7. The summed E-state index contributed by atoms with van der Waals surface area (Å²) < 4.78 is 34.1. The Kier molecular flexibility index (Phi) is 10.8. The third kappa shape index (κ3) is 7.49. The monoisotopic (exact) mass is 801 g/mol. The smallest absolute Gasteiger partial charge is 0.534 e. The fraction of sp³-hybridized carbons (Fsp3) is 0.294. The Labute approximate surface area is 319 Å². The van der Waals surface area contributed by atoms with Crippen molar-refractivity contribution in [2.45, 2.75) is 37.3 Å². The number of phenols is 4. The number of carboxylic acids is 1. The van der Waals surface area contributed by atoms with Gasteiger partial charge in [0.1, 0.15) is 34.7 Å². The van der Waals surface area contributed by atoms with Gasteiger partial charge in [-0.05, 0) is 49.1 Å². The number of rotatable bonds is 7. The number of carbonyl (C=O) groups excluding carboxylic acids is 5. The van der Waals surface area contributed by atoms with Crippen LogP contribution in [0.4, 0.5) is 13.6 Å².